The molecule has 0 aliphatic rings. The zero-order valence-corrected chi connectivity index (χ0v) is 20.5. The van der Waals surface area contributed by atoms with Gasteiger partial charge in [-0.1, -0.05) is 47.5 Å². The molecule has 1 unspecified atom stereocenters. The van der Waals surface area contributed by atoms with Crippen molar-refractivity contribution in [2.75, 3.05) is 24.2 Å². The van der Waals surface area contributed by atoms with Crippen LogP contribution in [0.25, 0.3) is 0 Å². The summed E-state index contributed by atoms with van der Waals surface area (Å²) in [7, 11) is -2.03. The van der Waals surface area contributed by atoms with Gasteiger partial charge in [-0.05, 0) is 37.6 Å². The average Bonchev–Trinajstić information content (AvgIpc) is 2.75. The summed E-state index contributed by atoms with van der Waals surface area (Å²) in [5, 5.41) is 3.33. The third-order valence-electron chi connectivity index (χ3n) is 5.00. The van der Waals surface area contributed by atoms with Crippen LogP contribution in [-0.4, -0.2) is 51.0 Å². The Morgan fingerprint density at radius 1 is 1.03 bits per heavy atom. The van der Waals surface area contributed by atoms with Crippen molar-refractivity contribution in [3.63, 3.8) is 0 Å². The van der Waals surface area contributed by atoms with Crippen molar-refractivity contribution in [3.8, 4) is 0 Å². The molecule has 0 aliphatic carbocycles. The number of sulfonamides is 1. The van der Waals surface area contributed by atoms with Gasteiger partial charge in [0.05, 0.1) is 11.9 Å². The van der Waals surface area contributed by atoms with Gasteiger partial charge in [-0.25, -0.2) is 8.42 Å². The predicted octanol–water partition coefficient (Wildman–Crippen LogP) is 3.70. The third kappa shape index (κ3) is 6.85. The lowest BCUT2D eigenvalue weighted by Gasteiger charge is -2.29. The first-order chi connectivity index (χ1) is 15.1. The van der Waals surface area contributed by atoms with Crippen molar-refractivity contribution in [2.45, 2.75) is 32.4 Å². The summed E-state index contributed by atoms with van der Waals surface area (Å²) < 4.78 is 25.7. The topological polar surface area (TPSA) is 86.8 Å². The van der Waals surface area contributed by atoms with Crippen LogP contribution in [0, 0.1) is 0 Å². The van der Waals surface area contributed by atoms with Gasteiger partial charge >= 0.3 is 0 Å². The van der Waals surface area contributed by atoms with E-state index in [0.29, 0.717) is 21.3 Å². The number of halogens is 2. The van der Waals surface area contributed by atoms with E-state index in [-0.39, 0.29) is 37.7 Å². The summed E-state index contributed by atoms with van der Waals surface area (Å²) >= 11 is 12.5. The number of nitrogens with one attached hydrogen (secondary N) is 1. The molecule has 2 amide bonds. The van der Waals surface area contributed by atoms with Crippen LogP contribution in [0.5, 0.6) is 0 Å². The number of hydrogen-bond donors (Lipinski definition) is 1. The number of para-hydroxylation sites is 1. The highest BCUT2D eigenvalue weighted by Gasteiger charge is 2.27. The Labute approximate surface area is 199 Å². The number of anilines is 1. The molecule has 0 heterocycles. The Hall–Kier alpha value is -2.29. The zero-order valence-electron chi connectivity index (χ0n) is 18.2. The molecule has 0 radical (unpaired) electrons. The first-order valence-corrected chi connectivity index (χ1v) is 12.6. The molecule has 7 nitrogen and oxygen atoms in total. The van der Waals surface area contributed by atoms with E-state index in [1.165, 1.54) is 16.3 Å². The normalized spacial score (nSPS) is 12.2. The number of amides is 2. The van der Waals surface area contributed by atoms with Crippen molar-refractivity contribution in [1.29, 1.82) is 0 Å². The molecule has 0 saturated carbocycles. The highest BCUT2D eigenvalue weighted by atomic mass is 35.5. The largest absolute Gasteiger partial charge is 0.357 e. The Morgan fingerprint density at radius 3 is 2.16 bits per heavy atom. The minimum Gasteiger partial charge on any atom is -0.357 e. The first kappa shape index (κ1) is 26.0. The first-order valence-electron chi connectivity index (χ1n) is 10.0. The summed E-state index contributed by atoms with van der Waals surface area (Å²) in [6.07, 6.45) is 1.44. The van der Waals surface area contributed by atoms with Gasteiger partial charge in [-0.3, -0.25) is 13.9 Å². The maximum absolute atomic E-state index is 13.1. The lowest BCUT2D eigenvalue weighted by Crippen LogP contribution is -2.47. The number of likely N-dealkylation sites (N-methyl/N-ethyl adjacent to an activating group) is 1. The molecule has 2 aromatic rings. The molecular weight excluding hydrogens is 473 g/mol. The van der Waals surface area contributed by atoms with Crippen LogP contribution < -0.4 is 9.62 Å². The summed E-state index contributed by atoms with van der Waals surface area (Å²) in [5.74, 6) is -0.637. The number of benzene rings is 2. The smallest absolute Gasteiger partial charge is 0.242 e. The van der Waals surface area contributed by atoms with Crippen LogP contribution >= 0.6 is 23.2 Å². The highest BCUT2D eigenvalue weighted by molar-refractivity contribution is 7.92. The second-order valence-corrected chi connectivity index (χ2v) is 10.0. The monoisotopic (exact) mass is 499 g/mol. The van der Waals surface area contributed by atoms with Crippen molar-refractivity contribution in [1.82, 2.24) is 10.2 Å². The molecule has 0 spiro atoms. The standard InChI is InChI=1S/C22H27Cl2N3O4S/c1-16(22(29)25-2)26(15-18-19(23)11-7-12-20(18)24)21(28)13-8-14-27(32(3,30)31)17-9-5-4-6-10-17/h4-7,9-12,16H,8,13-15H2,1-3H3,(H,25,29). The highest BCUT2D eigenvalue weighted by Crippen LogP contribution is 2.27. The number of carbonyl (C=O) groups excluding carboxylic acids is 2. The molecule has 2 aromatic carbocycles. The maximum Gasteiger partial charge on any atom is 0.242 e. The van der Waals surface area contributed by atoms with E-state index < -0.39 is 16.1 Å². The molecule has 1 N–H and O–H groups in total. The summed E-state index contributed by atoms with van der Waals surface area (Å²) in [6, 6.07) is 13.0. The van der Waals surface area contributed by atoms with E-state index in [4.69, 9.17) is 23.2 Å². The SMILES string of the molecule is CNC(=O)C(C)N(Cc1c(Cl)cccc1Cl)C(=O)CCCN(c1ccccc1)S(C)(=O)=O. The fourth-order valence-electron chi connectivity index (χ4n) is 3.24. The number of carbonyl (C=O) groups is 2. The van der Waals surface area contributed by atoms with Gasteiger partial charge in [0.15, 0.2) is 0 Å². The number of rotatable bonds is 10. The third-order valence-corrected chi connectivity index (χ3v) is 6.90. The van der Waals surface area contributed by atoms with Crippen molar-refractivity contribution in [2.24, 2.45) is 0 Å². The van der Waals surface area contributed by atoms with Crippen LogP contribution in [0.3, 0.4) is 0 Å². The van der Waals surface area contributed by atoms with Crippen LogP contribution in [0.15, 0.2) is 48.5 Å². The van der Waals surface area contributed by atoms with Gasteiger partial charge in [0.25, 0.3) is 0 Å². The van der Waals surface area contributed by atoms with Crippen molar-refractivity contribution >= 4 is 50.7 Å². The average molecular weight is 500 g/mol. The van der Waals surface area contributed by atoms with Crippen molar-refractivity contribution in [3.05, 3.63) is 64.1 Å². The summed E-state index contributed by atoms with van der Waals surface area (Å²) in [4.78, 5) is 26.8. The molecule has 0 bridgehead atoms. The molecule has 0 fully saturated rings. The van der Waals surface area contributed by atoms with Crippen LogP contribution in [0.2, 0.25) is 10.0 Å². The van der Waals surface area contributed by atoms with E-state index in [1.807, 2.05) is 0 Å². The van der Waals surface area contributed by atoms with E-state index in [0.717, 1.165) is 6.26 Å². The molecule has 0 aliphatic heterocycles. The summed E-state index contributed by atoms with van der Waals surface area (Å²) in [5.41, 5.74) is 1.07. The second kappa shape index (κ2) is 11.5. The molecule has 10 heteroatoms. The Kier molecular flexibility index (Phi) is 9.36. The van der Waals surface area contributed by atoms with Gasteiger partial charge in [0, 0.05) is 42.2 Å². The molecule has 2 rings (SSSR count). The molecule has 32 heavy (non-hydrogen) atoms. The van der Waals surface area contributed by atoms with E-state index in [1.54, 1.807) is 55.5 Å². The maximum atomic E-state index is 13.1. The lowest BCUT2D eigenvalue weighted by atomic mass is 10.1. The van der Waals surface area contributed by atoms with Gasteiger partial charge in [0.2, 0.25) is 21.8 Å². The van der Waals surface area contributed by atoms with E-state index in [2.05, 4.69) is 5.32 Å². The molecule has 0 saturated heterocycles. The quantitative estimate of drug-likeness (QED) is 0.539. The molecular formula is C22H27Cl2N3O4S. The van der Waals surface area contributed by atoms with E-state index in [9.17, 15) is 18.0 Å². The van der Waals surface area contributed by atoms with E-state index >= 15 is 0 Å². The lowest BCUT2D eigenvalue weighted by molar-refractivity contribution is -0.140. The minimum absolute atomic E-state index is 0.0439. The van der Waals surface area contributed by atoms with Crippen LogP contribution in [0.1, 0.15) is 25.3 Å². The predicted molar refractivity (Wildman–Crippen MR) is 128 cm³/mol. The summed E-state index contributed by atoms with van der Waals surface area (Å²) in [6.45, 7) is 1.80. The van der Waals surface area contributed by atoms with Gasteiger partial charge in [-0.15, -0.1) is 0 Å². The fraction of sp³-hybridized carbons (Fsp3) is 0.364. The minimum atomic E-state index is -3.52. The number of hydrogen-bond acceptors (Lipinski definition) is 4. The van der Waals surface area contributed by atoms with Gasteiger partial charge in [-0.2, -0.15) is 0 Å². The number of nitrogens with zero attached hydrogens (tertiary/aromatic N) is 2. The fourth-order valence-corrected chi connectivity index (χ4v) is 4.73. The van der Waals surface area contributed by atoms with Crippen LogP contribution in [-0.2, 0) is 26.2 Å². The zero-order chi connectivity index (χ0) is 23.9. The Balaban J connectivity index is 2.18. The van der Waals surface area contributed by atoms with Crippen molar-refractivity contribution < 1.29 is 18.0 Å². The van der Waals surface area contributed by atoms with Gasteiger partial charge < -0.3 is 10.2 Å². The molecule has 0 aromatic heterocycles. The van der Waals surface area contributed by atoms with Gasteiger partial charge in [0.1, 0.15) is 6.04 Å². The molecule has 174 valence electrons. The Bertz CT molecular complexity index is 1030. The van der Waals surface area contributed by atoms with Crippen LogP contribution in [0.4, 0.5) is 5.69 Å². The Morgan fingerprint density at radius 2 is 1.62 bits per heavy atom. The second-order valence-electron chi connectivity index (χ2n) is 7.29. The molecule has 1 atom stereocenters.